The monoisotopic (exact) mass is 530 g/mol. The van der Waals surface area contributed by atoms with Crippen LogP contribution in [0.4, 0.5) is 0 Å². The lowest BCUT2D eigenvalue weighted by atomic mass is 9.84. The Balaban J connectivity index is 0.00000407. The Kier molecular flexibility index (Phi) is 23.1. The highest BCUT2D eigenvalue weighted by atomic mass is 32.2. The number of thioether (sulfide) groups is 5. The summed E-state index contributed by atoms with van der Waals surface area (Å²) in [6.07, 6.45) is 8.74. The maximum absolute atomic E-state index is 4.29. The zero-order chi connectivity index (χ0) is 22.7. The fourth-order valence-corrected chi connectivity index (χ4v) is 9.14. The molecule has 0 spiro atoms. The van der Waals surface area contributed by atoms with Gasteiger partial charge in [-0.05, 0) is 55.4 Å². The average Bonchev–Trinajstić information content (AvgIpc) is 2.73. The standard InChI is InChI=1S/C22H44S6.C2H6/c1-19(2)26-16-13-25-14-17-27-21-7-5-20(6-8-21)9-10-22(3,4)28-18-15-24-12-11-23;1-2/h19-21,23H,5-18H2,1-4H3;1-2H3. The molecule has 0 aliphatic heterocycles. The summed E-state index contributed by atoms with van der Waals surface area (Å²) in [4.78, 5) is 0. The third kappa shape index (κ3) is 19.6. The lowest BCUT2D eigenvalue weighted by Crippen LogP contribution is -2.21. The largest absolute Gasteiger partial charge is 0.179 e. The predicted molar refractivity (Wildman–Crippen MR) is 161 cm³/mol. The minimum Gasteiger partial charge on any atom is -0.179 e. The topological polar surface area (TPSA) is 0 Å². The van der Waals surface area contributed by atoms with Gasteiger partial charge in [0.25, 0.3) is 0 Å². The Labute approximate surface area is 217 Å². The van der Waals surface area contributed by atoms with Gasteiger partial charge in [-0.3, -0.25) is 0 Å². The molecule has 1 fully saturated rings. The molecule has 0 saturated heterocycles. The first kappa shape index (κ1) is 32.1. The normalized spacial score (nSPS) is 19.6. The number of thiol groups is 1. The van der Waals surface area contributed by atoms with Gasteiger partial charge in [-0.25, -0.2) is 0 Å². The fourth-order valence-electron chi connectivity index (χ4n) is 3.47. The van der Waals surface area contributed by atoms with Crippen molar-refractivity contribution in [2.75, 3.05) is 46.0 Å². The molecule has 6 heteroatoms. The first-order valence-corrected chi connectivity index (χ1v) is 18.1. The van der Waals surface area contributed by atoms with Gasteiger partial charge in [-0.1, -0.05) is 41.5 Å². The summed E-state index contributed by atoms with van der Waals surface area (Å²) < 4.78 is 0.457. The minimum absolute atomic E-state index is 0.457. The van der Waals surface area contributed by atoms with Gasteiger partial charge in [-0.15, -0.1) is 0 Å². The van der Waals surface area contributed by atoms with Crippen LogP contribution in [0.5, 0.6) is 0 Å². The zero-order valence-corrected chi connectivity index (χ0v) is 25.6. The van der Waals surface area contributed by atoms with Gasteiger partial charge in [0.15, 0.2) is 0 Å². The summed E-state index contributed by atoms with van der Waals surface area (Å²) >= 11 is 15.0. The molecule has 0 aromatic rings. The number of rotatable bonds is 17. The first-order chi connectivity index (χ1) is 14.4. The quantitative estimate of drug-likeness (QED) is 0.147. The summed E-state index contributed by atoms with van der Waals surface area (Å²) in [5.74, 6) is 11.1. The molecule has 182 valence electrons. The second-order valence-electron chi connectivity index (χ2n) is 8.53. The van der Waals surface area contributed by atoms with Crippen molar-refractivity contribution in [2.24, 2.45) is 5.92 Å². The number of hydrogen-bond acceptors (Lipinski definition) is 6. The van der Waals surface area contributed by atoms with E-state index in [9.17, 15) is 0 Å². The highest BCUT2D eigenvalue weighted by molar-refractivity contribution is 8.05. The average molecular weight is 531 g/mol. The van der Waals surface area contributed by atoms with Crippen molar-refractivity contribution in [1.82, 2.24) is 0 Å². The van der Waals surface area contributed by atoms with Gasteiger partial charge >= 0.3 is 0 Å². The second kappa shape index (κ2) is 21.6. The van der Waals surface area contributed by atoms with Gasteiger partial charge in [0, 0.05) is 50.3 Å². The van der Waals surface area contributed by atoms with E-state index in [4.69, 9.17) is 0 Å². The molecule has 0 N–H and O–H groups in total. The van der Waals surface area contributed by atoms with Crippen LogP contribution in [-0.2, 0) is 0 Å². The molecule has 1 rings (SSSR count). The molecule has 1 aliphatic carbocycles. The van der Waals surface area contributed by atoms with Crippen LogP contribution < -0.4 is 0 Å². The Bertz CT molecular complexity index is 354. The maximum Gasteiger partial charge on any atom is 0.0104 e. The van der Waals surface area contributed by atoms with Gasteiger partial charge in [0.2, 0.25) is 0 Å². The highest BCUT2D eigenvalue weighted by Crippen LogP contribution is 2.38. The van der Waals surface area contributed by atoms with E-state index in [-0.39, 0.29) is 0 Å². The van der Waals surface area contributed by atoms with Crippen LogP contribution in [0.1, 0.15) is 80.1 Å². The van der Waals surface area contributed by atoms with E-state index < -0.39 is 0 Å². The van der Waals surface area contributed by atoms with Gasteiger partial charge in [-0.2, -0.15) is 71.4 Å². The lowest BCUT2D eigenvalue weighted by molar-refractivity contribution is 0.328. The van der Waals surface area contributed by atoms with Gasteiger partial charge < -0.3 is 0 Å². The Morgan fingerprint density at radius 2 is 1.43 bits per heavy atom. The summed E-state index contributed by atoms with van der Waals surface area (Å²) in [6, 6.07) is 0. The fraction of sp³-hybridized carbons (Fsp3) is 1.00. The molecule has 0 heterocycles. The molecule has 0 aromatic carbocycles. The molecule has 0 aromatic heterocycles. The minimum atomic E-state index is 0.457. The van der Waals surface area contributed by atoms with Gasteiger partial charge in [0.05, 0.1) is 0 Å². The van der Waals surface area contributed by atoms with Crippen molar-refractivity contribution in [3.63, 3.8) is 0 Å². The van der Waals surface area contributed by atoms with Crippen molar-refractivity contribution in [3.05, 3.63) is 0 Å². The van der Waals surface area contributed by atoms with Crippen molar-refractivity contribution in [3.8, 4) is 0 Å². The molecule has 0 atom stereocenters. The van der Waals surface area contributed by atoms with Crippen LogP contribution in [0.3, 0.4) is 0 Å². The van der Waals surface area contributed by atoms with Crippen LogP contribution in [-0.4, -0.2) is 61.3 Å². The summed E-state index contributed by atoms with van der Waals surface area (Å²) in [5.41, 5.74) is 0. The van der Waals surface area contributed by atoms with Crippen LogP contribution in [0, 0.1) is 5.92 Å². The molecule has 0 nitrogen and oxygen atoms in total. The van der Waals surface area contributed by atoms with E-state index >= 15 is 0 Å². The zero-order valence-electron chi connectivity index (χ0n) is 20.6. The highest BCUT2D eigenvalue weighted by Gasteiger charge is 2.24. The summed E-state index contributed by atoms with van der Waals surface area (Å²) in [7, 11) is 0. The van der Waals surface area contributed by atoms with Gasteiger partial charge in [0.1, 0.15) is 0 Å². The second-order valence-corrected chi connectivity index (χ2v) is 16.3. The lowest BCUT2D eigenvalue weighted by Gasteiger charge is -2.31. The molecular formula is C24H50S6. The predicted octanol–water partition coefficient (Wildman–Crippen LogP) is 9.13. The third-order valence-corrected chi connectivity index (χ3v) is 12.3. The maximum atomic E-state index is 4.29. The van der Waals surface area contributed by atoms with E-state index in [0.717, 1.165) is 22.2 Å². The molecule has 0 amide bonds. The molecule has 0 bridgehead atoms. The van der Waals surface area contributed by atoms with E-state index in [1.165, 1.54) is 78.8 Å². The van der Waals surface area contributed by atoms with Crippen LogP contribution >= 0.6 is 71.4 Å². The van der Waals surface area contributed by atoms with Crippen LogP contribution in [0.15, 0.2) is 0 Å². The van der Waals surface area contributed by atoms with Crippen LogP contribution in [0.25, 0.3) is 0 Å². The SMILES string of the molecule is CC.CC(C)SCCSCCSC1CCC(CCC(C)(C)SCCSCCS)CC1. The molecule has 1 saturated carbocycles. The molecule has 0 radical (unpaired) electrons. The van der Waals surface area contributed by atoms with Crippen molar-refractivity contribution in [1.29, 1.82) is 0 Å². The Morgan fingerprint density at radius 3 is 2.07 bits per heavy atom. The molecule has 1 aliphatic rings. The van der Waals surface area contributed by atoms with E-state index in [1.807, 2.05) is 13.8 Å². The van der Waals surface area contributed by atoms with Crippen molar-refractivity contribution >= 4 is 71.4 Å². The Morgan fingerprint density at radius 1 is 0.833 bits per heavy atom. The number of hydrogen-bond donors (Lipinski definition) is 1. The smallest absolute Gasteiger partial charge is 0.0104 e. The Hall–Kier alpha value is 2.10. The summed E-state index contributed by atoms with van der Waals surface area (Å²) in [6.45, 7) is 13.5. The van der Waals surface area contributed by atoms with E-state index in [0.29, 0.717) is 4.75 Å². The molecule has 0 unspecified atom stereocenters. The molecular weight excluding hydrogens is 481 g/mol. The van der Waals surface area contributed by atoms with Crippen molar-refractivity contribution in [2.45, 2.75) is 95.3 Å². The summed E-state index contributed by atoms with van der Waals surface area (Å²) in [5, 5.41) is 1.74. The van der Waals surface area contributed by atoms with E-state index in [2.05, 4.69) is 99.1 Å². The first-order valence-electron chi connectivity index (χ1n) is 12.1. The van der Waals surface area contributed by atoms with Crippen molar-refractivity contribution < 1.29 is 0 Å². The molecule has 30 heavy (non-hydrogen) atoms. The third-order valence-electron chi connectivity index (χ3n) is 5.16. The van der Waals surface area contributed by atoms with E-state index in [1.54, 1.807) is 0 Å². The van der Waals surface area contributed by atoms with Crippen LogP contribution in [0.2, 0.25) is 0 Å².